The third-order valence-corrected chi connectivity index (χ3v) is 3.93. The molecule has 0 radical (unpaired) electrons. The molecule has 0 saturated carbocycles. The Hall–Kier alpha value is -2.49. The normalized spacial score (nSPS) is 10.7. The highest BCUT2D eigenvalue weighted by Crippen LogP contribution is 2.11. The maximum atomic E-state index is 11.7. The van der Waals surface area contributed by atoms with Gasteiger partial charge < -0.3 is 26.0 Å². The van der Waals surface area contributed by atoms with Gasteiger partial charge >= 0.3 is 6.03 Å². The summed E-state index contributed by atoms with van der Waals surface area (Å²) in [6.07, 6.45) is 0. The lowest BCUT2D eigenvalue weighted by atomic mass is 10.2. The zero-order chi connectivity index (χ0) is 20.4. The van der Waals surface area contributed by atoms with Crippen LogP contribution in [-0.4, -0.2) is 32.2 Å². The van der Waals surface area contributed by atoms with Gasteiger partial charge in [0, 0.05) is 31.9 Å². The zero-order valence-electron chi connectivity index (χ0n) is 17.3. The van der Waals surface area contributed by atoms with Crippen LogP contribution in [0.15, 0.2) is 53.5 Å². The van der Waals surface area contributed by atoms with E-state index in [1.807, 2.05) is 62.4 Å². The number of ether oxygens (including phenoxy) is 1. The van der Waals surface area contributed by atoms with Crippen LogP contribution in [0.5, 0.6) is 5.75 Å². The van der Waals surface area contributed by atoms with Crippen LogP contribution in [0, 0.1) is 0 Å². The van der Waals surface area contributed by atoms with Crippen molar-refractivity contribution >= 4 is 41.7 Å². The summed E-state index contributed by atoms with van der Waals surface area (Å²) >= 11 is 0. The van der Waals surface area contributed by atoms with E-state index < -0.39 is 0 Å². The van der Waals surface area contributed by atoms with Gasteiger partial charge in [-0.15, -0.1) is 24.0 Å². The molecule has 0 atom stereocenters. The van der Waals surface area contributed by atoms with Crippen molar-refractivity contribution < 1.29 is 9.53 Å². The summed E-state index contributed by atoms with van der Waals surface area (Å²) in [5, 5.41) is 12.2. The predicted molar refractivity (Wildman–Crippen MR) is 129 cm³/mol. The number of hydrogen-bond donors (Lipinski definition) is 4. The van der Waals surface area contributed by atoms with Gasteiger partial charge in [-0.3, -0.25) is 4.99 Å². The Kier molecular flexibility index (Phi) is 10.9. The average Bonchev–Trinajstić information content (AvgIpc) is 2.69. The molecule has 0 spiro atoms. The number of carbonyl (C=O) groups excluding carboxylic acids is 1. The van der Waals surface area contributed by atoms with Crippen molar-refractivity contribution in [3.8, 4) is 5.75 Å². The molecular formula is C21H30IN5O2. The van der Waals surface area contributed by atoms with Crippen LogP contribution in [0.4, 0.5) is 10.5 Å². The lowest BCUT2D eigenvalue weighted by Crippen LogP contribution is -2.36. The van der Waals surface area contributed by atoms with Gasteiger partial charge in [0.15, 0.2) is 5.96 Å². The van der Waals surface area contributed by atoms with E-state index in [0.29, 0.717) is 19.0 Å². The first-order valence-electron chi connectivity index (χ1n) is 9.24. The summed E-state index contributed by atoms with van der Waals surface area (Å²) in [6.45, 7) is 5.13. The molecular weight excluding hydrogens is 481 g/mol. The molecule has 0 fully saturated rings. The average molecular weight is 511 g/mol. The summed E-state index contributed by atoms with van der Waals surface area (Å²) in [7, 11) is 3.39. The highest BCUT2D eigenvalue weighted by Gasteiger charge is 2.04. The van der Waals surface area contributed by atoms with E-state index in [2.05, 4.69) is 26.3 Å². The van der Waals surface area contributed by atoms with Crippen molar-refractivity contribution in [3.05, 3.63) is 59.7 Å². The van der Waals surface area contributed by atoms with Crippen LogP contribution in [0.3, 0.4) is 0 Å². The van der Waals surface area contributed by atoms with Gasteiger partial charge in [0.1, 0.15) is 5.75 Å². The largest absolute Gasteiger partial charge is 0.497 e. The highest BCUT2D eigenvalue weighted by atomic mass is 127. The second-order valence-electron chi connectivity index (χ2n) is 6.58. The molecule has 4 N–H and O–H groups in total. The summed E-state index contributed by atoms with van der Waals surface area (Å²) in [6, 6.07) is 15.5. The SMILES string of the molecule is CN=C(NCc1ccc(NC(=O)NC(C)C)cc1)NCc1ccc(OC)cc1.I. The van der Waals surface area contributed by atoms with Gasteiger partial charge in [0.25, 0.3) is 0 Å². The maximum Gasteiger partial charge on any atom is 0.319 e. The number of urea groups is 1. The van der Waals surface area contributed by atoms with Crippen LogP contribution in [0.2, 0.25) is 0 Å². The molecule has 29 heavy (non-hydrogen) atoms. The first kappa shape index (κ1) is 24.5. The minimum absolute atomic E-state index is 0. The van der Waals surface area contributed by atoms with E-state index in [1.165, 1.54) is 0 Å². The minimum atomic E-state index is -0.205. The fourth-order valence-corrected chi connectivity index (χ4v) is 2.47. The van der Waals surface area contributed by atoms with Crippen LogP contribution in [0.1, 0.15) is 25.0 Å². The molecule has 0 aliphatic heterocycles. The number of anilines is 1. The number of nitrogens with one attached hydrogen (secondary N) is 4. The second-order valence-corrected chi connectivity index (χ2v) is 6.58. The third-order valence-electron chi connectivity index (χ3n) is 3.93. The number of halogens is 1. The van der Waals surface area contributed by atoms with Crippen molar-refractivity contribution in [1.82, 2.24) is 16.0 Å². The molecule has 7 nitrogen and oxygen atoms in total. The molecule has 0 saturated heterocycles. The predicted octanol–water partition coefficient (Wildman–Crippen LogP) is 3.71. The molecule has 0 aliphatic rings. The molecule has 158 valence electrons. The summed E-state index contributed by atoms with van der Waals surface area (Å²) in [5.74, 6) is 1.56. The number of carbonyl (C=O) groups is 1. The Bertz CT molecular complexity index is 777. The maximum absolute atomic E-state index is 11.7. The number of nitrogens with zero attached hydrogens (tertiary/aromatic N) is 1. The van der Waals surface area contributed by atoms with Crippen molar-refractivity contribution in [3.63, 3.8) is 0 Å². The van der Waals surface area contributed by atoms with Crippen LogP contribution >= 0.6 is 24.0 Å². The third kappa shape index (κ3) is 9.03. The summed E-state index contributed by atoms with van der Waals surface area (Å²) in [4.78, 5) is 16.0. The first-order chi connectivity index (χ1) is 13.5. The molecule has 0 unspecified atom stereocenters. The molecule has 0 heterocycles. The monoisotopic (exact) mass is 511 g/mol. The van der Waals surface area contributed by atoms with Gasteiger partial charge in [0.05, 0.1) is 7.11 Å². The quantitative estimate of drug-likeness (QED) is 0.260. The molecule has 2 aromatic rings. The molecule has 2 rings (SSSR count). The number of guanidine groups is 1. The van der Waals surface area contributed by atoms with Crippen LogP contribution in [-0.2, 0) is 13.1 Å². The lowest BCUT2D eigenvalue weighted by molar-refractivity contribution is 0.250. The fourth-order valence-electron chi connectivity index (χ4n) is 2.47. The molecule has 0 bridgehead atoms. The highest BCUT2D eigenvalue weighted by molar-refractivity contribution is 14.0. The minimum Gasteiger partial charge on any atom is -0.497 e. The van der Waals surface area contributed by atoms with E-state index in [4.69, 9.17) is 4.74 Å². The Morgan fingerprint density at radius 2 is 1.48 bits per heavy atom. The number of benzene rings is 2. The van der Waals surface area contributed by atoms with E-state index in [1.54, 1.807) is 14.2 Å². The first-order valence-corrected chi connectivity index (χ1v) is 9.24. The molecule has 8 heteroatoms. The molecule has 2 amide bonds. The smallest absolute Gasteiger partial charge is 0.319 e. The van der Waals surface area contributed by atoms with Gasteiger partial charge in [-0.25, -0.2) is 4.79 Å². The second kappa shape index (κ2) is 12.9. The number of methoxy groups -OCH3 is 1. The number of hydrogen-bond acceptors (Lipinski definition) is 3. The van der Waals surface area contributed by atoms with Gasteiger partial charge in [0.2, 0.25) is 0 Å². The van der Waals surface area contributed by atoms with Gasteiger partial charge in [-0.1, -0.05) is 24.3 Å². The lowest BCUT2D eigenvalue weighted by Gasteiger charge is -2.13. The van der Waals surface area contributed by atoms with Gasteiger partial charge in [-0.05, 0) is 49.2 Å². The summed E-state index contributed by atoms with van der Waals surface area (Å²) < 4.78 is 5.17. The van der Waals surface area contributed by atoms with E-state index in [9.17, 15) is 4.79 Å². The molecule has 0 aromatic heterocycles. The Balaban J connectivity index is 0.00000420. The van der Waals surface area contributed by atoms with E-state index in [0.717, 1.165) is 22.6 Å². The number of amides is 2. The molecule has 0 aliphatic carbocycles. The van der Waals surface area contributed by atoms with Crippen molar-refractivity contribution in [1.29, 1.82) is 0 Å². The zero-order valence-corrected chi connectivity index (χ0v) is 19.6. The van der Waals surface area contributed by atoms with Crippen molar-refractivity contribution in [2.24, 2.45) is 4.99 Å². The van der Waals surface area contributed by atoms with Crippen molar-refractivity contribution in [2.75, 3.05) is 19.5 Å². The van der Waals surface area contributed by atoms with E-state index in [-0.39, 0.29) is 36.0 Å². The van der Waals surface area contributed by atoms with E-state index >= 15 is 0 Å². The van der Waals surface area contributed by atoms with Crippen LogP contribution in [0.25, 0.3) is 0 Å². The Morgan fingerprint density at radius 3 is 1.93 bits per heavy atom. The Morgan fingerprint density at radius 1 is 0.966 bits per heavy atom. The van der Waals surface area contributed by atoms with Gasteiger partial charge in [-0.2, -0.15) is 0 Å². The molecule has 2 aromatic carbocycles. The Labute approximate surface area is 189 Å². The standard InChI is InChI=1S/C21H29N5O2.HI/c1-15(2)25-21(27)26-18-9-5-16(6-10-18)13-23-20(22-3)24-14-17-7-11-19(28-4)12-8-17;/h5-12,15H,13-14H2,1-4H3,(H2,22,23,24)(H2,25,26,27);1H. The number of rotatable bonds is 7. The number of aliphatic imine (C=N–C) groups is 1. The summed E-state index contributed by atoms with van der Waals surface area (Å²) in [5.41, 5.74) is 2.98. The van der Waals surface area contributed by atoms with Crippen LogP contribution < -0.4 is 26.0 Å². The topological polar surface area (TPSA) is 86.8 Å². The van der Waals surface area contributed by atoms with Crippen molar-refractivity contribution in [2.45, 2.75) is 33.0 Å². The fraction of sp³-hybridized carbons (Fsp3) is 0.333.